The summed E-state index contributed by atoms with van der Waals surface area (Å²) >= 11 is 6.91. The maximum absolute atomic E-state index is 13.9. The fraction of sp³-hybridized carbons (Fsp3) is 0.548. The number of halogens is 1. The number of rotatable bonds is 7. The summed E-state index contributed by atoms with van der Waals surface area (Å²) in [6.07, 6.45) is 4.76. The highest BCUT2D eigenvalue weighted by molar-refractivity contribution is 6.33. The van der Waals surface area contributed by atoms with E-state index in [0.717, 1.165) is 44.3 Å². The second-order valence-corrected chi connectivity index (χ2v) is 12.0. The average Bonchev–Trinajstić information content (AvgIpc) is 2.97. The van der Waals surface area contributed by atoms with E-state index in [1.165, 1.54) is 6.42 Å². The number of phenols is 1. The molecule has 0 saturated carbocycles. The molecule has 0 spiro atoms. The third kappa shape index (κ3) is 6.00. The van der Waals surface area contributed by atoms with Crippen LogP contribution in [0.5, 0.6) is 5.75 Å². The molecule has 0 bridgehead atoms. The number of piperazine rings is 1. The molecule has 2 fully saturated rings. The fourth-order valence-electron chi connectivity index (χ4n) is 5.90. The van der Waals surface area contributed by atoms with Gasteiger partial charge in [0.2, 0.25) is 0 Å². The lowest BCUT2D eigenvalue weighted by atomic mass is 10.0. The van der Waals surface area contributed by atoms with Gasteiger partial charge in [0.05, 0.1) is 22.7 Å². The summed E-state index contributed by atoms with van der Waals surface area (Å²) in [6, 6.07) is 6.77. The number of pyridine rings is 1. The van der Waals surface area contributed by atoms with Crippen molar-refractivity contribution in [3.8, 4) is 11.4 Å². The van der Waals surface area contributed by atoms with Crippen molar-refractivity contribution in [2.75, 3.05) is 49.1 Å². The standard InChI is InChI=1S/C31H41ClN6O4/c1-5-6-16-42-31(41)36-14-15-37(21(4)19-36)27-24-18-25(32)29(35-12-8-7-9-13-35)33-28(24)38(30(40)34-27)26-11-10-22(39)17-23(26)20(2)3/h10-11,17-18,20-21,39H,5-9,12-16,19H2,1-4H3. The van der Waals surface area contributed by atoms with Gasteiger partial charge in [-0.15, -0.1) is 0 Å². The molecule has 11 heteroatoms. The molecule has 0 radical (unpaired) electrons. The van der Waals surface area contributed by atoms with Gasteiger partial charge in [0.1, 0.15) is 17.4 Å². The van der Waals surface area contributed by atoms with Gasteiger partial charge in [-0.25, -0.2) is 19.1 Å². The van der Waals surface area contributed by atoms with Crippen molar-refractivity contribution in [3.05, 3.63) is 45.3 Å². The zero-order chi connectivity index (χ0) is 30.0. The van der Waals surface area contributed by atoms with Gasteiger partial charge in [-0.1, -0.05) is 38.8 Å². The van der Waals surface area contributed by atoms with Crippen LogP contribution in [0.2, 0.25) is 5.02 Å². The quantitative estimate of drug-likeness (QED) is 0.346. The molecular weight excluding hydrogens is 556 g/mol. The number of amides is 1. The Morgan fingerprint density at radius 3 is 2.55 bits per heavy atom. The van der Waals surface area contributed by atoms with Gasteiger partial charge < -0.3 is 24.5 Å². The van der Waals surface area contributed by atoms with E-state index in [1.807, 2.05) is 26.8 Å². The van der Waals surface area contributed by atoms with Crippen LogP contribution in [0.15, 0.2) is 29.1 Å². The topological polar surface area (TPSA) is 104 Å². The minimum Gasteiger partial charge on any atom is -0.508 e. The highest BCUT2D eigenvalue weighted by Gasteiger charge is 2.31. The molecule has 2 aliphatic heterocycles. The Bertz CT molecular complexity index is 1500. The molecule has 0 aliphatic carbocycles. The van der Waals surface area contributed by atoms with Crippen LogP contribution in [-0.4, -0.2) is 76.0 Å². The number of benzene rings is 1. The van der Waals surface area contributed by atoms with Gasteiger partial charge in [-0.3, -0.25) is 0 Å². The van der Waals surface area contributed by atoms with Crippen molar-refractivity contribution in [1.82, 2.24) is 19.4 Å². The third-order valence-electron chi connectivity index (χ3n) is 8.19. The fourth-order valence-corrected chi connectivity index (χ4v) is 6.17. The van der Waals surface area contributed by atoms with Crippen LogP contribution in [0.3, 0.4) is 0 Å². The molecule has 2 aromatic heterocycles. The van der Waals surface area contributed by atoms with Crippen molar-refractivity contribution >= 4 is 40.4 Å². The molecule has 2 saturated heterocycles. The number of aromatic nitrogens is 3. The largest absolute Gasteiger partial charge is 0.508 e. The third-order valence-corrected chi connectivity index (χ3v) is 8.47. The first-order valence-corrected chi connectivity index (χ1v) is 15.5. The molecule has 4 heterocycles. The Labute approximate surface area is 251 Å². The monoisotopic (exact) mass is 596 g/mol. The first kappa shape index (κ1) is 29.9. The molecule has 10 nitrogen and oxygen atoms in total. The maximum atomic E-state index is 13.9. The van der Waals surface area contributed by atoms with Crippen LogP contribution in [0, 0.1) is 0 Å². The number of hydrogen-bond acceptors (Lipinski definition) is 8. The first-order chi connectivity index (χ1) is 20.2. The summed E-state index contributed by atoms with van der Waals surface area (Å²) in [5.74, 6) is 1.33. The molecule has 5 rings (SSSR count). The van der Waals surface area contributed by atoms with Crippen molar-refractivity contribution in [1.29, 1.82) is 0 Å². The van der Waals surface area contributed by atoms with Gasteiger partial charge in [0, 0.05) is 38.8 Å². The molecule has 3 aromatic rings. The lowest BCUT2D eigenvalue weighted by Crippen LogP contribution is -2.54. The Kier molecular flexibility index (Phi) is 9.11. The van der Waals surface area contributed by atoms with E-state index in [1.54, 1.807) is 27.7 Å². The van der Waals surface area contributed by atoms with E-state index in [-0.39, 0.29) is 23.8 Å². The lowest BCUT2D eigenvalue weighted by molar-refractivity contribution is 0.0944. The van der Waals surface area contributed by atoms with Crippen LogP contribution in [0.25, 0.3) is 16.7 Å². The van der Waals surface area contributed by atoms with E-state index < -0.39 is 5.69 Å². The molecule has 1 amide bonds. The van der Waals surface area contributed by atoms with Crippen LogP contribution < -0.4 is 15.5 Å². The molecule has 1 aromatic carbocycles. The van der Waals surface area contributed by atoms with Gasteiger partial charge >= 0.3 is 11.8 Å². The second kappa shape index (κ2) is 12.8. The minimum absolute atomic E-state index is 0.0350. The lowest BCUT2D eigenvalue weighted by Gasteiger charge is -2.40. The normalized spacial score (nSPS) is 17.8. The number of aromatic hydroxyl groups is 1. The van der Waals surface area contributed by atoms with E-state index >= 15 is 0 Å². The highest BCUT2D eigenvalue weighted by atomic mass is 35.5. The van der Waals surface area contributed by atoms with Crippen LogP contribution in [0.4, 0.5) is 16.4 Å². The summed E-state index contributed by atoms with van der Waals surface area (Å²) in [4.78, 5) is 42.2. The van der Waals surface area contributed by atoms with Crippen molar-refractivity contribution in [3.63, 3.8) is 0 Å². The Hall–Kier alpha value is -3.53. The summed E-state index contributed by atoms with van der Waals surface area (Å²) in [6.45, 7) is 11.6. The SMILES string of the molecule is CCCCOC(=O)N1CCN(c2nc(=O)n(-c3ccc(O)cc3C(C)C)c3nc(N4CCCCC4)c(Cl)cc23)C(C)C1. The van der Waals surface area contributed by atoms with Crippen LogP contribution >= 0.6 is 11.6 Å². The van der Waals surface area contributed by atoms with Gasteiger partial charge in [-0.05, 0) is 68.4 Å². The van der Waals surface area contributed by atoms with E-state index in [2.05, 4.69) is 21.7 Å². The number of piperidine rings is 1. The van der Waals surface area contributed by atoms with Crippen molar-refractivity contribution in [2.45, 2.75) is 71.8 Å². The Balaban J connectivity index is 1.62. The van der Waals surface area contributed by atoms with Crippen molar-refractivity contribution < 1.29 is 14.6 Å². The first-order valence-electron chi connectivity index (χ1n) is 15.1. The summed E-state index contributed by atoms with van der Waals surface area (Å²) in [5.41, 5.74) is 1.45. The Morgan fingerprint density at radius 2 is 1.86 bits per heavy atom. The number of anilines is 2. The van der Waals surface area contributed by atoms with Gasteiger partial charge in [-0.2, -0.15) is 4.98 Å². The number of hydrogen-bond donors (Lipinski definition) is 1. The van der Waals surface area contributed by atoms with Gasteiger partial charge in [0.25, 0.3) is 0 Å². The van der Waals surface area contributed by atoms with Crippen LogP contribution in [0.1, 0.15) is 71.3 Å². The average molecular weight is 597 g/mol. The van der Waals surface area contributed by atoms with Crippen LogP contribution in [-0.2, 0) is 4.74 Å². The Morgan fingerprint density at radius 1 is 1.10 bits per heavy atom. The number of phenolic OH excluding ortho intramolecular Hbond substituents is 1. The number of carbonyl (C=O) groups excluding carboxylic acids is 1. The zero-order valence-electron chi connectivity index (χ0n) is 25.0. The molecule has 226 valence electrons. The summed E-state index contributed by atoms with van der Waals surface area (Å²) < 4.78 is 6.99. The molecule has 2 aliphatic rings. The van der Waals surface area contributed by atoms with Gasteiger partial charge in [0.15, 0.2) is 5.65 Å². The smallest absolute Gasteiger partial charge is 0.409 e. The molecule has 1 atom stereocenters. The molecule has 1 N–H and O–H groups in total. The number of nitrogens with zero attached hydrogens (tertiary/aromatic N) is 6. The van der Waals surface area contributed by atoms with Crippen molar-refractivity contribution in [2.24, 2.45) is 0 Å². The predicted octanol–water partition coefficient (Wildman–Crippen LogP) is 5.70. The summed E-state index contributed by atoms with van der Waals surface area (Å²) in [7, 11) is 0. The summed E-state index contributed by atoms with van der Waals surface area (Å²) in [5, 5.41) is 11.4. The maximum Gasteiger partial charge on any atom is 0.409 e. The number of fused-ring (bicyclic) bond motifs is 1. The number of ether oxygens (including phenoxy) is 1. The molecule has 42 heavy (non-hydrogen) atoms. The second-order valence-electron chi connectivity index (χ2n) is 11.6. The molecule has 1 unspecified atom stereocenters. The van der Waals surface area contributed by atoms with E-state index in [4.69, 9.17) is 21.3 Å². The molecular formula is C31H41ClN6O4. The predicted molar refractivity (Wildman–Crippen MR) is 167 cm³/mol. The number of unbranched alkanes of at least 4 members (excludes halogenated alkanes) is 1. The zero-order valence-corrected chi connectivity index (χ0v) is 25.7. The number of carbonyl (C=O) groups is 1. The van der Waals surface area contributed by atoms with E-state index in [9.17, 15) is 14.7 Å². The minimum atomic E-state index is -0.460. The van der Waals surface area contributed by atoms with E-state index in [0.29, 0.717) is 59.6 Å². The highest BCUT2D eigenvalue weighted by Crippen LogP contribution is 2.36.